The minimum Gasteiger partial charge on any atom is -0.281 e. The molecule has 23 heavy (non-hydrogen) atoms. The topological polar surface area (TPSA) is 46.1 Å². The van der Waals surface area contributed by atoms with E-state index in [4.69, 9.17) is 0 Å². The third kappa shape index (κ3) is 2.88. The van der Waals surface area contributed by atoms with Crippen LogP contribution in [0.2, 0.25) is 0 Å². The highest BCUT2D eigenvalue weighted by Gasteiger charge is 2.42. The minimum absolute atomic E-state index is 0.142. The van der Waals surface area contributed by atoms with Gasteiger partial charge in [-0.2, -0.15) is 0 Å². The second kappa shape index (κ2) is 5.69. The van der Waals surface area contributed by atoms with Gasteiger partial charge in [0.25, 0.3) is 0 Å². The number of nitrogens with zero attached hydrogens (tertiary/aromatic N) is 3. The highest BCUT2D eigenvalue weighted by Crippen LogP contribution is 2.41. The Kier molecular flexibility index (Phi) is 3.66. The van der Waals surface area contributed by atoms with E-state index in [2.05, 4.69) is 16.9 Å². The molecule has 0 radical (unpaired) electrons. The van der Waals surface area contributed by atoms with Crippen LogP contribution < -0.4 is 4.90 Å². The summed E-state index contributed by atoms with van der Waals surface area (Å²) in [6.45, 7) is 4.62. The lowest BCUT2D eigenvalue weighted by Crippen LogP contribution is -2.32. The van der Waals surface area contributed by atoms with Gasteiger partial charge in [0, 0.05) is 17.0 Å². The summed E-state index contributed by atoms with van der Waals surface area (Å²) in [7, 11) is 0. The van der Waals surface area contributed by atoms with Crippen molar-refractivity contribution in [2.45, 2.75) is 26.8 Å². The van der Waals surface area contributed by atoms with Crippen LogP contribution in [-0.2, 0) is 11.3 Å². The SMILES string of the molecule is Cc1csc(CN(C(=O)[C@@H]2C[C@H]2C)c2nc3ccccc3s2)n1. The Hall–Kier alpha value is -1.79. The van der Waals surface area contributed by atoms with Crippen molar-refractivity contribution in [1.29, 1.82) is 0 Å². The number of amides is 1. The molecule has 2 aromatic heterocycles. The fourth-order valence-electron chi connectivity index (χ4n) is 2.69. The summed E-state index contributed by atoms with van der Waals surface area (Å²) in [6.07, 6.45) is 0.983. The van der Waals surface area contributed by atoms with Crippen LogP contribution in [0, 0.1) is 18.8 Å². The van der Waals surface area contributed by atoms with Gasteiger partial charge in [0.15, 0.2) is 5.13 Å². The van der Waals surface area contributed by atoms with Gasteiger partial charge in [-0.05, 0) is 31.4 Å². The van der Waals surface area contributed by atoms with E-state index >= 15 is 0 Å². The molecule has 0 saturated heterocycles. The van der Waals surface area contributed by atoms with Crippen molar-refractivity contribution in [2.75, 3.05) is 4.90 Å². The Balaban J connectivity index is 1.70. The highest BCUT2D eigenvalue weighted by atomic mass is 32.1. The summed E-state index contributed by atoms with van der Waals surface area (Å²) in [5, 5.41) is 3.77. The molecule has 0 N–H and O–H groups in total. The number of hydrogen-bond acceptors (Lipinski definition) is 5. The summed E-state index contributed by atoms with van der Waals surface area (Å²) in [5.74, 6) is 0.810. The lowest BCUT2D eigenvalue weighted by atomic mass is 10.3. The molecule has 1 fully saturated rings. The molecular weight excluding hydrogens is 326 g/mol. The van der Waals surface area contributed by atoms with E-state index in [1.807, 2.05) is 41.5 Å². The predicted octanol–water partition coefficient (Wildman–Crippen LogP) is 4.25. The summed E-state index contributed by atoms with van der Waals surface area (Å²) in [5.41, 5.74) is 1.95. The number of para-hydroxylation sites is 1. The van der Waals surface area contributed by atoms with E-state index in [1.165, 1.54) is 0 Å². The fourth-order valence-corrected chi connectivity index (χ4v) is 4.42. The molecule has 0 spiro atoms. The first kappa shape index (κ1) is 14.8. The van der Waals surface area contributed by atoms with Gasteiger partial charge in [-0.25, -0.2) is 9.97 Å². The fraction of sp³-hybridized carbons (Fsp3) is 0.353. The van der Waals surface area contributed by atoms with Crippen molar-refractivity contribution in [3.8, 4) is 0 Å². The van der Waals surface area contributed by atoms with Crippen molar-refractivity contribution in [1.82, 2.24) is 9.97 Å². The van der Waals surface area contributed by atoms with Crippen LogP contribution in [0.1, 0.15) is 24.0 Å². The number of carbonyl (C=O) groups excluding carboxylic acids is 1. The molecule has 3 aromatic rings. The molecular formula is C17H17N3OS2. The van der Waals surface area contributed by atoms with Crippen molar-refractivity contribution >= 4 is 43.9 Å². The second-order valence-electron chi connectivity index (χ2n) is 6.09. The first-order valence-electron chi connectivity index (χ1n) is 7.70. The summed E-state index contributed by atoms with van der Waals surface area (Å²) in [6, 6.07) is 8.02. The number of benzene rings is 1. The third-order valence-corrected chi connectivity index (χ3v) is 6.18. The average molecular weight is 343 g/mol. The Morgan fingerprint density at radius 1 is 1.35 bits per heavy atom. The van der Waals surface area contributed by atoms with Gasteiger partial charge in [-0.3, -0.25) is 9.69 Å². The van der Waals surface area contributed by atoms with Gasteiger partial charge < -0.3 is 0 Å². The van der Waals surface area contributed by atoms with E-state index in [0.717, 1.165) is 32.5 Å². The van der Waals surface area contributed by atoms with Gasteiger partial charge in [0.2, 0.25) is 5.91 Å². The van der Waals surface area contributed by atoms with Crippen LogP contribution in [0.3, 0.4) is 0 Å². The Morgan fingerprint density at radius 2 is 2.13 bits per heavy atom. The summed E-state index contributed by atoms with van der Waals surface area (Å²) in [4.78, 5) is 23.9. The number of fused-ring (bicyclic) bond motifs is 1. The van der Waals surface area contributed by atoms with Crippen LogP contribution in [-0.4, -0.2) is 15.9 Å². The van der Waals surface area contributed by atoms with Gasteiger partial charge in [0.1, 0.15) is 5.01 Å². The number of anilines is 1. The van der Waals surface area contributed by atoms with Crippen molar-refractivity contribution < 1.29 is 4.79 Å². The normalized spacial score (nSPS) is 19.9. The predicted molar refractivity (Wildman–Crippen MR) is 94.9 cm³/mol. The molecule has 2 atom stereocenters. The highest BCUT2D eigenvalue weighted by molar-refractivity contribution is 7.22. The molecule has 0 bridgehead atoms. The van der Waals surface area contributed by atoms with Gasteiger partial charge in [-0.1, -0.05) is 30.4 Å². The zero-order valence-corrected chi connectivity index (χ0v) is 14.7. The van der Waals surface area contributed by atoms with Crippen LogP contribution in [0.4, 0.5) is 5.13 Å². The van der Waals surface area contributed by atoms with Crippen molar-refractivity contribution in [3.05, 3.63) is 40.3 Å². The van der Waals surface area contributed by atoms with Gasteiger partial charge >= 0.3 is 0 Å². The van der Waals surface area contributed by atoms with Gasteiger partial charge in [-0.15, -0.1) is 11.3 Å². The largest absolute Gasteiger partial charge is 0.281 e. The van der Waals surface area contributed by atoms with Gasteiger partial charge in [0.05, 0.1) is 16.8 Å². The maximum atomic E-state index is 12.9. The number of thiazole rings is 2. The van der Waals surface area contributed by atoms with E-state index < -0.39 is 0 Å². The quantitative estimate of drug-likeness (QED) is 0.711. The van der Waals surface area contributed by atoms with Crippen molar-refractivity contribution in [2.24, 2.45) is 11.8 Å². The number of carbonyl (C=O) groups is 1. The van der Waals surface area contributed by atoms with Crippen LogP contribution in [0.5, 0.6) is 0 Å². The first-order valence-corrected chi connectivity index (χ1v) is 9.39. The number of rotatable bonds is 4. The van der Waals surface area contributed by atoms with E-state index in [-0.39, 0.29) is 11.8 Å². The zero-order valence-electron chi connectivity index (χ0n) is 13.0. The van der Waals surface area contributed by atoms with Crippen LogP contribution in [0.15, 0.2) is 29.6 Å². The van der Waals surface area contributed by atoms with Crippen LogP contribution >= 0.6 is 22.7 Å². The number of aromatic nitrogens is 2. The molecule has 1 aromatic carbocycles. The third-order valence-electron chi connectivity index (χ3n) is 4.17. The standard InChI is InChI=1S/C17H17N3OS2/c1-10-7-12(10)16(21)20(8-15-18-11(2)9-22-15)17-19-13-5-3-4-6-14(13)23-17/h3-6,9-10,12H,7-8H2,1-2H3/t10-,12-/m1/s1. The summed E-state index contributed by atoms with van der Waals surface area (Å²) >= 11 is 3.18. The Morgan fingerprint density at radius 3 is 2.78 bits per heavy atom. The smallest absolute Gasteiger partial charge is 0.232 e. The first-order chi connectivity index (χ1) is 11.1. The molecule has 1 amide bonds. The second-order valence-corrected chi connectivity index (χ2v) is 8.04. The van der Waals surface area contributed by atoms with E-state index in [1.54, 1.807) is 22.7 Å². The molecule has 6 heteroatoms. The summed E-state index contributed by atoms with van der Waals surface area (Å²) < 4.78 is 1.11. The van der Waals surface area contributed by atoms with E-state index in [0.29, 0.717) is 12.5 Å². The molecule has 1 aliphatic carbocycles. The maximum absolute atomic E-state index is 12.9. The molecule has 2 heterocycles. The number of aryl methyl sites for hydroxylation is 1. The Labute approximate surface area is 142 Å². The van der Waals surface area contributed by atoms with Crippen LogP contribution in [0.25, 0.3) is 10.2 Å². The average Bonchev–Trinajstić information content (AvgIpc) is 2.95. The molecule has 118 valence electrons. The van der Waals surface area contributed by atoms with Crippen molar-refractivity contribution in [3.63, 3.8) is 0 Å². The lowest BCUT2D eigenvalue weighted by molar-refractivity contribution is -0.120. The molecule has 1 saturated carbocycles. The maximum Gasteiger partial charge on any atom is 0.232 e. The lowest BCUT2D eigenvalue weighted by Gasteiger charge is -2.18. The molecule has 0 aliphatic heterocycles. The minimum atomic E-state index is 0.142. The molecule has 4 nitrogen and oxygen atoms in total. The molecule has 0 unspecified atom stereocenters. The molecule has 1 aliphatic rings. The van der Waals surface area contributed by atoms with E-state index in [9.17, 15) is 4.79 Å². The Bertz CT molecular complexity index is 836. The number of hydrogen-bond donors (Lipinski definition) is 0. The zero-order chi connectivity index (χ0) is 16.0. The monoisotopic (exact) mass is 343 g/mol. The molecule has 4 rings (SSSR count).